The van der Waals surface area contributed by atoms with Gasteiger partial charge in [0.2, 0.25) is 5.91 Å². The zero-order chi connectivity index (χ0) is 16.2. The molecule has 1 heterocycles. The number of amides is 1. The van der Waals surface area contributed by atoms with Gasteiger partial charge in [-0.1, -0.05) is 37.3 Å². The normalized spacial score (nSPS) is 13.8. The van der Waals surface area contributed by atoms with Crippen LogP contribution < -0.4 is 10.6 Å². The summed E-state index contributed by atoms with van der Waals surface area (Å²) >= 11 is 0. The Balaban J connectivity index is 0.00000208. The predicted molar refractivity (Wildman–Crippen MR) is 95.5 cm³/mol. The molecular formula is C19H22ClFN2O. The maximum atomic E-state index is 13.2. The van der Waals surface area contributed by atoms with Gasteiger partial charge in [-0.3, -0.25) is 4.79 Å². The van der Waals surface area contributed by atoms with Crippen LogP contribution >= 0.6 is 12.4 Å². The van der Waals surface area contributed by atoms with Crippen LogP contribution in [0.15, 0.2) is 42.5 Å². The standard InChI is InChI=1S/C19H21FN2O.ClH/c1-13(15-3-2-4-18(20)9-15)7-19(23)22-10-14-5-6-16-11-21-12-17(16)8-14;/h2-6,8-9,13,21H,7,10-12H2,1H3,(H,22,23);1H. The highest BCUT2D eigenvalue weighted by atomic mass is 35.5. The molecule has 0 radical (unpaired) electrons. The largest absolute Gasteiger partial charge is 0.352 e. The van der Waals surface area contributed by atoms with Crippen LogP contribution in [0.3, 0.4) is 0 Å². The van der Waals surface area contributed by atoms with Gasteiger partial charge in [0.25, 0.3) is 0 Å². The summed E-state index contributed by atoms with van der Waals surface area (Å²) in [5.41, 5.74) is 4.60. The molecule has 0 saturated heterocycles. The van der Waals surface area contributed by atoms with Crippen LogP contribution in [0.4, 0.5) is 4.39 Å². The average Bonchev–Trinajstić information content (AvgIpc) is 3.00. The van der Waals surface area contributed by atoms with Gasteiger partial charge in [0.15, 0.2) is 0 Å². The lowest BCUT2D eigenvalue weighted by Gasteiger charge is -2.12. The van der Waals surface area contributed by atoms with E-state index in [4.69, 9.17) is 0 Å². The fraction of sp³-hybridized carbons (Fsp3) is 0.316. The highest BCUT2D eigenvalue weighted by Gasteiger charge is 2.13. The van der Waals surface area contributed by atoms with Crippen molar-refractivity contribution in [3.05, 3.63) is 70.5 Å². The summed E-state index contributed by atoms with van der Waals surface area (Å²) in [6.45, 7) is 4.29. The summed E-state index contributed by atoms with van der Waals surface area (Å²) in [6.07, 6.45) is 0.357. The van der Waals surface area contributed by atoms with E-state index in [9.17, 15) is 9.18 Å². The molecule has 128 valence electrons. The first-order valence-corrected chi connectivity index (χ1v) is 7.95. The van der Waals surface area contributed by atoms with Crippen LogP contribution in [0.25, 0.3) is 0 Å². The lowest BCUT2D eigenvalue weighted by atomic mass is 9.97. The summed E-state index contributed by atoms with van der Waals surface area (Å²) in [5.74, 6) is -0.281. The van der Waals surface area contributed by atoms with E-state index in [1.807, 2.05) is 13.0 Å². The maximum Gasteiger partial charge on any atom is 0.220 e. The smallest absolute Gasteiger partial charge is 0.220 e. The van der Waals surface area contributed by atoms with Gasteiger partial charge < -0.3 is 10.6 Å². The number of carbonyl (C=O) groups excluding carboxylic acids is 1. The molecule has 1 atom stereocenters. The SMILES string of the molecule is CC(CC(=O)NCc1ccc2c(c1)CNC2)c1cccc(F)c1.Cl. The number of benzene rings is 2. The molecule has 0 bridgehead atoms. The zero-order valence-electron chi connectivity index (χ0n) is 13.6. The second-order valence-electron chi connectivity index (χ2n) is 6.14. The van der Waals surface area contributed by atoms with E-state index < -0.39 is 0 Å². The molecule has 2 N–H and O–H groups in total. The molecule has 1 amide bonds. The van der Waals surface area contributed by atoms with E-state index in [0.717, 1.165) is 24.2 Å². The van der Waals surface area contributed by atoms with E-state index in [0.29, 0.717) is 13.0 Å². The first kappa shape index (κ1) is 18.4. The molecule has 0 aliphatic carbocycles. The lowest BCUT2D eigenvalue weighted by Crippen LogP contribution is -2.24. The van der Waals surface area contributed by atoms with Crippen LogP contribution in [0.5, 0.6) is 0 Å². The number of nitrogens with one attached hydrogen (secondary N) is 2. The minimum absolute atomic E-state index is 0. The molecule has 1 aliphatic rings. The molecule has 3 nitrogen and oxygen atoms in total. The highest BCUT2D eigenvalue weighted by Crippen LogP contribution is 2.20. The Morgan fingerprint density at radius 2 is 2.00 bits per heavy atom. The zero-order valence-corrected chi connectivity index (χ0v) is 14.5. The van der Waals surface area contributed by atoms with Crippen LogP contribution in [0, 0.1) is 5.82 Å². The fourth-order valence-electron chi connectivity index (χ4n) is 2.94. The van der Waals surface area contributed by atoms with Gasteiger partial charge in [-0.05, 0) is 40.3 Å². The Morgan fingerprint density at radius 3 is 2.79 bits per heavy atom. The summed E-state index contributed by atoms with van der Waals surface area (Å²) < 4.78 is 13.2. The van der Waals surface area contributed by atoms with Gasteiger partial charge in [0, 0.05) is 26.1 Å². The molecule has 2 aromatic carbocycles. The van der Waals surface area contributed by atoms with Crippen LogP contribution in [0.1, 0.15) is 41.5 Å². The number of fused-ring (bicyclic) bond motifs is 1. The number of hydrogen-bond acceptors (Lipinski definition) is 2. The number of hydrogen-bond donors (Lipinski definition) is 2. The van der Waals surface area contributed by atoms with Crippen molar-refractivity contribution in [3.63, 3.8) is 0 Å². The molecule has 0 saturated carbocycles. The number of carbonyl (C=O) groups is 1. The van der Waals surface area contributed by atoms with Gasteiger partial charge in [-0.15, -0.1) is 12.4 Å². The molecule has 24 heavy (non-hydrogen) atoms. The van der Waals surface area contributed by atoms with Crippen molar-refractivity contribution in [3.8, 4) is 0 Å². The van der Waals surface area contributed by atoms with Crippen LogP contribution in [-0.4, -0.2) is 5.91 Å². The van der Waals surface area contributed by atoms with Crippen molar-refractivity contribution in [2.24, 2.45) is 0 Å². The van der Waals surface area contributed by atoms with Crippen LogP contribution in [0.2, 0.25) is 0 Å². The molecule has 0 aromatic heterocycles. The lowest BCUT2D eigenvalue weighted by molar-refractivity contribution is -0.121. The van der Waals surface area contributed by atoms with E-state index in [2.05, 4.69) is 28.8 Å². The summed E-state index contributed by atoms with van der Waals surface area (Å²) in [5, 5.41) is 6.26. The molecule has 0 spiro atoms. The predicted octanol–water partition coefficient (Wildman–Crippen LogP) is 3.66. The highest BCUT2D eigenvalue weighted by molar-refractivity contribution is 5.85. The molecule has 3 rings (SSSR count). The number of rotatable bonds is 5. The topological polar surface area (TPSA) is 41.1 Å². The third-order valence-electron chi connectivity index (χ3n) is 4.30. The van der Waals surface area contributed by atoms with Crippen molar-refractivity contribution >= 4 is 18.3 Å². The third kappa shape index (κ3) is 4.56. The molecule has 0 fully saturated rings. The first-order valence-electron chi connectivity index (χ1n) is 7.95. The Morgan fingerprint density at radius 1 is 1.21 bits per heavy atom. The van der Waals surface area contributed by atoms with Crippen molar-refractivity contribution in [1.82, 2.24) is 10.6 Å². The molecular weight excluding hydrogens is 327 g/mol. The van der Waals surface area contributed by atoms with E-state index in [1.165, 1.54) is 23.3 Å². The van der Waals surface area contributed by atoms with Crippen molar-refractivity contribution in [2.45, 2.75) is 38.9 Å². The van der Waals surface area contributed by atoms with Crippen molar-refractivity contribution < 1.29 is 9.18 Å². The van der Waals surface area contributed by atoms with E-state index in [-0.39, 0.29) is 30.0 Å². The Bertz CT molecular complexity index is 720. The van der Waals surface area contributed by atoms with Crippen molar-refractivity contribution in [1.29, 1.82) is 0 Å². The minimum atomic E-state index is -0.262. The van der Waals surface area contributed by atoms with Gasteiger partial charge in [0.05, 0.1) is 0 Å². The van der Waals surface area contributed by atoms with Gasteiger partial charge >= 0.3 is 0 Å². The molecule has 5 heteroatoms. The third-order valence-corrected chi connectivity index (χ3v) is 4.30. The Labute approximate surface area is 148 Å². The Hall–Kier alpha value is -1.91. The second kappa shape index (κ2) is 8.27. The minimum Gasteiger partial charge on any atom is -0.352 e. The first-order chi connectivity index (χ1) is 11.1. The maximum absolute atomic E-state index is 13.2. The van der Waals surface area contributed by atoms with Crippen LogP contribution in [-0.2, 0) is 24.4 Å². The number of halogens is 2. The van der Waals surface area contributed by atoms with Gasteiger partial charge in [-0.2, -0.15) is 0 Å². The summed E-state index contributed by atoms with van der Waals surface area (Å²) in [6, 6.07) is 12.8. The molecule has 1 unspecified atom stereocenters. The molecule has 2 aromatic rings. The monoisotopic (exact) mass is 348 g/mol. The van der Waals surface area contributed by atoms with E-state index in [1.54, 1.807) is 6.07 Å². The second-order valence-corrected chi connectivity index (χ2v) is 6.14. The summed E-state index contributed by atoms with van der Waals surface area (Å²) in [4.78, 5) is 12.1. The summed E-state index contributed by atoms with van der Waals surface area (Å²) in [7, 11) is 0. The quantitative estimate of drug-likeness (QED) is 0.865. The molecule has 1 aliphatic heterocycles. The Kier molecular flexibility index (Phi) is 6.35. The average molecular weight is 349 g/mol. The fourth-order valence-corrected chi connectivity index (χ4v) is 2.94. The van der Waals surface area contributed by atoms with Crippen molar-refractivity contribution in [2.75, 3.05) is 0 Å². The van der Waals surface area contributed by atoms with Gasteiger partial charge in [0.1, 0.15) is 5.82 Å². The van der Waals surface area contributed by atoms with E-state index >= 15 is 0 Å². The van der Waals surface area contributed by atoms with Gasteiger partial charge in [-0.25, -0.2) is 4.39 Å².